The van der Waals surface area contributed by atoms with Gasteiger partial charge in [-0.25, -0.2) is 9.78 Å². The van der Waals surface area contributed by atoms with Crippen molar-refractivity contribution in [1.82, 2.24) is 10.3 Å². The second-order valence-corrected chi connectivity index (χ2v) is 5.49. The predicted molar refractivity (Wildman–Crippen MR) is 94.6 cm³/mol. The van der Waals surface area contributed by atoms with Gasteiger partial charge in [0.15, 0.2) is 6.10 Å². The number of benzene rings is 1. The Morgan fingerprint density at radius 2 is 1.81 bits per heavy atom. The quantitative estimate of drug-likeness (QED) is 0.723. The van der Waals surface area contributed by atoms with Gasteiger partial charge in [-0.05, 0) is 11.6 Å². The molecule has 2 aromatic rings. The molecule has 0 aliphatic carbocycles. The van der Waals surface area contributed by atoms with Crippen LogP contribution in [0.15, 0.2) is 48.7 Å². The summed E-state index contributed by atoms with van der Waals surface area (Å²) in [5, 5.41) is 2.70. The molecule has 2 rings (SSSR count). The van der Waals surface area contributed by atoms with Crippen LogP contribution in [0.2, 0.25) is 0 Å². The Bertz CT molecular complexity index is 736. The van der Waals surface area contributed by atoms with Gasteiger partial charge in [-0.3, -0.25) is 4.79 Å². The molecule has 1 amide bonds. The lowest BCUT2D eigenvalue weighted by Gasteiger charge is -2.21. The van der Waals surface area contributed by atoms with Crippen LogP contribution in [0.1, 0.15) is 17.2 Å². The van der Waals surface area contributed by atoms with Crippen LogP contribution in [0.4, 0.5) is 0 Å². The molecule has 7 heteroatoms. The first-order valence-corrected chi connectivity index (χ1v) is 8.04. The maximum atomic E-state index is 12.7. The number of esters is 1. The summed E-state index contributed by atoms with van der Waals surface area (Å²) < 4.78 is 15.3. The van der Waals surface area contributed by atoms with Gasteiger partial charge in [-0.1, -0.05) is 36.4 Å². The monoisotopic (exact) mass is 358 g/mol. The maximum absolute atomic E-state index is 12.7. The zero-order valence-electron chi connectivity index (χ0n) is 15.0. The molecule has 0 aliphatic heterocycles. The van der Waals surface area contributed by atoms with Gasteiger partial charge >= 0.3 is 5.97 Å². The summed E-state index contributed by atoms with van der Waals surface area (Å²) in [7, 11) is 4.20. The molecule has 1 aromatic heterocycles. The first kappa shape index (κ1) is 19.4. The van der Waals surface area contributed by atoms with Gasteiger partial charge in [0.2, 0.25) is 5.88 Å². The average molecular weight is 358 g/mol. The lowest BCUT2D eigenvalue weighted by Crippen LogP contribution is -2.45. The van der Waals surface area contributed by atoms with Gasteiger partial charge in [0, 0.05) is 25.3 Å². The highest BCUT2D eigenvalue weighted by atomic mass is 16.5. The van der Waals surface area contributed by atoms with Crippen molar-refractivity contribution in [3.63, 3.8) is 0 Å². The molecule has 1 N–H and O–H groups in total. The van der Waals surface area contributed by atoms with Crippen LogP contribution in [-0.2, 0) is 25.5 Å². The van der Waals surface area contributed by atoms with Crippen LogP contribution in [-0.4, -0.2) is 44.2 Å². The second kappa shape index (κ2) is 9.53. The van der Waals surface area contributed by atoms with Gasteiger partial charge in [0.25, 0.3) is 5.91 Å². The Morgan fingerprint density at radius 1 is 1.08 bits per heavy atom. The van der Waals surface area contributed by atoms with E-state index in [2.05, 4.69) is 10.3 Å². The number of carbonyl (C=O) groups is 2. The van der Waals surface area contributed by atoms with Crippen LogP contribution in [0.25, 0.3) is 0 Å². The van der Waals surface area contributed by atoms with Crippen LogP contribution in [0.3, 0.4) is 0 Å². The third-order valence-corrected chi connectivity index (χ3v) is 3.85. The summed E-state index contributed by atoms with van der Waals surface area (Å²) >= 11 is 0. The van der Waals surface area contributed by atoms with E-state index >= 15 is 0 Å². The molecular formula is C19H22N2O5. The van der Waals surface area contributed by atoms with E-state index < -0.39 is 24.0 Å². The molecule has 1 aromatic carbocycles. The summed E-state index contributed by atoms with van der Waals surface area (Å²) in [5.74, 6) is -0.605. The van der Waals surface area contributed by atoms with Gasteiger partial charge < -0.3 is 19.5 Å². The fraction of sp³-hybridized carbons (Fsp3) is 0.316. The largest absolute Gasteiger partial charge is 0.481 e. The first-order chi connectivity index (χ1) is 12.6. The number of amides is 1. The van der Waals surface area contributed by atoms with Crippen molar-refractivity contribution in [3.05, 3.63) is 59.8 Å². The number of ether oxygens (including phenoxy) is 3. The summed E-state index contributed by atoms with van der Waals surface area (Å²) in [4.78, 5) is 28.9. The van der Waals surface area contributed by atoms with E-state index in [1.165, 1.54) is 21.3 Å². The highest BCUT2D eigenvalue weighted by Crippen LogP contribution is 2.19. The Morgan fingerprint density at radius 3 is 2.42 bits per heavy atom. The topological polar surface area (TPSA) is 86.8 Å². The first-order valence-electron chi connectivity index (χ1n) is 8.04. The summed E-state index contributed by atoms with van der Waals surface area (Å²) in [6.07, 6.45) is 0.935. The highest BCUT2D eigenvalue weighted by Gasteiger charge is 2.28. The van der Waals surface area contributed by atoms with E-state index in [9.17, 15) is 9.59 Å². The highest BCUT2D eigenvalue weighted by molar-refractivity contribution is 5.88. The second-order valence-electron chi connectivity index (χ2n) is 5.49. The van der Waals surface area contributed by atoms with Crippen LogP contribution in [0.5, 0.6) is 5.88 Å². The molecule has 0 bridgehead atoms. The molecule has 0 radical (unpaired) electrons. The number of methoxy groups -OCH3 is 3. The summed E-state index contributed by atoms with van der Waals surface area (Å²) in [6.45, 7) is 0. The van der Waals surface area contributed by atoms with Crippen molar-refractivity contribution in [3.8, 4) is 5.88 Å². The van der Waals surface area contributed by atoms with Crippen molar-refractivity contribution >= 4 is 11.9 Å². The molecule has 7 nitrogen and oxygen atoms in total. The van der Waals surface area contributed by atoms with Crippen LogP contribution in [0, 0.1) is 0 Å². The van der Waals surface area contributed by atoms with Crippen LogP contribution < -0.4 is 10.1 Å². The number of hydrogen-bond donors (Lipinski definition) is 1. The SMILES string of the molecule is COC(=O)[C@@H](Cc1cccnc1OC)NC(=O)[C@@H](OC)c1ccccc1. The molecule has 0 aliphatic rings. The van der Waals surface area contributed by atoms with E-state index in [0.29, 0.717) is 17.0 Å². The van der Waals surface area contributed by atoms with E-state index in [1.54, 1.807) is 30.5 Å². The smallest absolute Gasteiger partial charge is 0.328 e. The molecule has 26 heavy (non-hydrogen) atoms. The summed E-state index contributed by atoms with van der Waals surface area (Å²) in [5.41, 5.74) is 1.37. The number of aromatic nitrogens is 1. The van der Waals surface area contributed by atoms with Crippen molar-refractivity contribution in [2.75, 3.05) is 21.3 Å². The maximum Gasteiger partial charge on any atom is 0.328 e. The van der Waals surface area contributed by atoms with Crippen molar-refractivity contribution in [2.45, 2.75) is 18.6 Å². The Hall–Kier alpha value is -2.93. The van der Waals surface area contributed by atoms with Gasteiger partial charge in [-0.15, -0.1) is 0 Å². The molecule has 0 unspecified atom stereocenters. The summed E-state index contributed by atoms with van der Waals surface area (Å²) in [6, 6.07) is 11.7. The number of rotatable bonds is 8. The zero-order chi connectivity index (χ0) is 18.9. The molecule has 1 heterocycles. The van der Waals surface area contributed by atoms with Gasteiger partial charge in [0.1, 0.15) is 6.04 Å². The minimum Gasteiger partial charge on any atom is -0.481 e. The number of nitrogens with one attached hydrogen (secondary N) is 1. The molecule has 0 fully saturated rings. The third kappa shape index (κ3) is 4.80. The molecular weight excluding hydrogens is 336 g/mol. The fourth-order valence-electron chi connectivity index (χ4n) is 2.59. The number of hydrogen-bond acceptors (Lipinski definition) is 6. The van der Waals surface area contributed by atoms with E-state index in [4.69, 9.17) is 14.2 Å². The minimum absolute atomic E-state index is 0.181. The Kier molecular flexibility index (Phi) is 7.11. The van der Waals surface area contributed by atoms with Crippen molar-refractivity contribution in [1.29, 1.82) is 0 Å². The lowest BCUT2D eigenvalue weighted by atomic mass is 10.1. The standard InChI is InChI=1S/C19H22N2O5/c1-24-16(13-8-5-4-6-9-13)17(22)21-15(19(23)26-3)12-14-10-7-11-20-18(14)25-2/h4-11,15-16H,12H2,1-3H3,(H,21,22)/t15-,16+/m1/s1. The third-order valence-electron chi connectivity index (χ3n) is 3.85. The molecule has 2 atom stereocenters. The van der Waals surface area contributed by atoms with Gasteiger partial charge in [-0.2, -0.15) is 0 Å². The average Bonchev–Trinajstić information content (AvgIpc) is 2.68. The van der Waals surface area contributed by atoms with Crippen molar-refractivity contribution in [2.24, 2.45) is 0 Å². The van der Waals surface area contributed by atoms with Crippen molar-refractivity contribution < 1.29 is 23.8 Å². The lowest BCUT2D eigenvalue weighted by molar-refractivity contribution is -0.146. The molecule has 0 spiro atoms. The van der Waals surface area contributed by atoms with Crippen LogP contribution >= 0.6 is 0 Å². The predicted octanol–water partition coefficient (Wildman–Crippen LogP) is 1.68. The number of nitrogens with zero attached hydrogens (tertiary/aromatic N) is 1. The zero-order valence-corrected chi connectivity index (χ0v) is 15.0. The van der Waals surface area contributed by atoms with E-state index in [-0.39, 0.29) is 6.42 Å². The molecule has 138 valence electrons. The van der Waals surface area contributed by atoms with E-state index in [0.717, 1.165) is 0 Å². The molecule has 0 saturated heterocycles. The van der Waals surface area contributed by atoms with E-state index in [1.807, 2.05) is 18.2 Å². The number of pyridine rings is 1. The molecule has 0 saturated carbocycles. The van der Waals surface area contributed by atoms with Gasteiger partial charge in [0.05, 0.1) is 14.2 Å². The Labute approximate surface area is 152 Å². The fourth-order valence-corrected chi connectivity index (χ4v) is 2.59. The number of carbonyl (C=O) groups excluding carboxylic acids is 2. The normalized spacial score (nSPS) is 12.7. The Balaban J connectivity index is 2.19. The minimum atomic E-state index is -0.896.